The van der Waals surface area contributed by atoms with Gasteiger partial charge in [0.15, 0.2) is 11.5 Å². The van der Waals surface area contributed by atoms with Gasteiger partial charge in [-0.2, -0.15) is 5.10 Å². The van der Waals surface area contributed by atoms with Crippen LogP contribution in [0.5, 0.6) is 0 Å². The van der Waals surface area contributed by atoms with Gasteiger partial charge in [-0.1, -0.05) is 11.6 Å². The van der Waals surface area contributed by atoms with Crippen molar-refractivity contribution in [3.63, 3.8) is 0 Å². The Morgan fingerprint density at radius 2 is 2.10 bits per heavy atom. The van der Waals surface area contributed by atoms with Crippen LogP contribution in [-0.2, 0) is 0 Å². The maximum Gasteiger partial charge on any atom is 0.354 e. The van der Waals surface area contributed by atoms with Crippen LogP contribution in [-0.4, -0.2) is 51.1 Å². The average molecular weight is 294 g/mol. The van der Waals surface area contributed by atoms with Gasteiger partial charge in [0.05, 0.1) is 5.02 Å². The third-order valence-corrected chi connectivity index (χ3v) is 2.50. The van der Waals surface area contributed by atoms with Crippen molar-refractivity contribution in [2.45, 2.75) is 0 Å². The van der Waals surface area contributed by atoms with Crippen LogP contribution in [0.15, 0.2) is 29.8 Å². The van der Waals surface area contributed by atoms with E-state index < -0.39 is 5.97 Å². The van der Waals surface area contributed by atoms with Gasteiger partial charge in [0.1, 0.15) is 6.34 Å². The predicted octanol–water partition coefficient (Wildman–Crippen LogP) is 1.65. The second-order valence-electron chi connectivity index (χ2n) is 4.18. The Morgan fingerprint density at radius 1 is 1.45 bits per heavy atom. The van der Waals surface area contributed by atoms with Crippen LogP contribution < -0.4 is 0 Å². The minimum Gasteiger partial charge on any atom is -0.477 e. The monoisotopic (exact) mass is 293 g/mol. The highest BCUT2D eigenvalue weighted by Crippen LogP contribution is 2.19. The van der Waals surface area contributed by atoms with Crippen LogP contribution in [0.25, 0.3) is 11.4 Å². The molecular weight excluding hydrogens is 282 g/mol. The molecule has 2 rings (SSSR count). The molecule has 20 heavy (non-hydrogen) atoms. The first-order valence-electron chi connectivity index (χ1n) is 5.62. The van der Waals surface area contributed by atoms with Gasteiger partial charge in [0.25, 0.3) is 0 Å². The standard InChI is InChI=1S/C12H12ClN5O2/c1-17(2)7-16-18-6-8(3-10(18)12(19)20)11-14-4-9(13)5-15-11/h3-7H,1-2H3,(H,19,20). The Kier molecular flexibility index (Phi) is 3.99. The zero-order chi connectivity index (χ0) is 14.7. The zero-order valence-electron chi connectivity index (χ0n) is 10.9. The lowest BCUT2D eigenvalue weighted by molar-refractivity contribution is 0.0686. The lowest BCUT2D eigenvalue weighted by atomic mass is 10.3. The fourth-order valence-electron chi connectivity index (χ4n) is 1.45. The molecule has 0 saturated heterocycles. The number of hydrogen-bond donors (Lipinski definition) is 1. The molecule has 0 aliphatic carbocycles. The number of rotatable bonds is 4. The number of aromatic carboxylic acids is 1. The molecule has 0 bridgehead atoms. The lowest BCUT2D eigenvalue weighted by Gasteiger charge is -2.03. The molecule has 2 aromatic heterocycles. The largest absolute Gasteiger partial charge is 0.477 e. The van der Waals surface area contributed by atoms with Crippen molar-refractivity contribution in [3.05, 3.63) is 35.4 Å². The fraction of sp³-hybridized carbons (Fsp3) is 0.167. The molecule has 0 radical (unpaired) electrons. The van der Waals surface area contributed by atoms with E-state index in [0.29, 0.717) is 16.4 Å². The van der Waals surface area contributed by atoms with Gasteiger partial charge in [-0.05, 0) is 6.07 Å². The number of carbonyl (C=O) groups is 1. The SMILES string of the molecule is CN(C)C=Nn1cc(-c2ncc(Cl)cn2)cc1C(=O)O. The van der Waals surface area contributed by atoms with E-state index in [1.807, 2.05) is 0 Å². The summed E-state index contributed by atoms with van der Waals surface area (Å²) < 4.78 is 1.26. The number of halogens is 1. The van der Waals surface area contributed by atoms with E-state index in [9.17, 15) is 4.79 Å². The third-order valence-electron chi connectivity index (χ3n) is 2.31. The maximum atomic E-state index is 11.2. The lowest BCUT2D eigenvalue weighted by Crippen LogP contribution is -2.11. The number of aromatic nitrogens is 3. The summed E-state index contributed by atoms with van der Waals surface area (Å²) in [6, 6.07) is 1.46. The topological polar surface area (TPSA) is 83.6 Å². The molecule has 7 nitrogen and oxygen atoms in total. The molecule has 104 valence electrons. The first-order chi connectivity index (χ1) is 9.47. The van der Waals surface area contributed by atoms with Crippen LogP contribution >= 0.6 is 11.6 Å². The van der Waals surface area contributed by atoms with Crippen LogP contribution in [0, 0.1) is 0 Å². The van der Waals surface area contributed by atoms with Gasteiger partial charge in [-0.3, -0.25) is 0 Å². The molecule has 0 aromatic carbocycles. The Hall–Kier alpha value is -2.41. The van der Waals surface area contributed by atoms with Crippen molar-refractivity contribution in [3.8, 4) is 11.4 Å². The van der Waals surface area contributed by atoms with Gasteiger partial charge < -0.3 is 10.0 Å². The van der Waals surface area contributed by atoms with E-state index in [1.54, 1.807) is 25.2 Å². The molecule has 0 saturated carbocycles. The third kappa shape index (κ3) is 3.12. The summed E-state index contributed by atoms with van der Waals surface area (Å²) in [5.41, 5.74) is 0.576. The Bertz CT molecular complexity index is 648. The van der Waals surface area contributed by atoms with Crippen LogP contribution in [0.4, 0.5) is 0 Å². The molecule has 0 aliphatic heterocycles. The van der Waals surface area contributed by atoms with E-state index in [1.165, 1.54) is 29.5 Å². The molecular formula is C12H12ClN5O2. The van der Waals surface area contributed by atoms with Crippen LogP contribution in [0.1, 0.15) is 10.5 Å². The number of carboxylic acids is 1. The molecule has 0 amide bonds. The second kappa shape index (κ2) is 5.70. The van der Waals surface area contributed by atoms with Crippen molar-refractivity contribution in [2.75, 3.05) is 14.1 Å². The van der Waals surface area contributed by atoms with Crippen LogP contribution in [0.2, 0.25) is 5.02 Å². The van der Waals surface area contributed by atoms with Gasteiger partial charge in [0, 0.05) is 38.2 Å². The van der Waals surface area contributed by atoms with Crippen molar-refractivity contribution >= 4 is 23.9 Å². The minimum absolute atomic E-state index is 0.0247. The van der Waals surface area contributed by atoms with Crippen molar-refractivity contribution in [2.24, 2.45) is 5.10 Å². The normalized spacial score (nSPS) is 10.9. The molecule has 0 atom stereocenters. The summed E-state index contributed by atoms with van der Waals surface area (Å²) in [5, 5.41) is 13.6. The summed E-state index contributed by atoms with van der Waals surface area (Å²) in [4.78, 5) is 21.0. The summed E-state index contributed by atoms with van der Waals surface area (Å²) in [7, 11) is 3.58. The van der Waals surface area contributed by atoms with E-state index in [0.717, 1.165) is 0 Å². The maximum absolute atomic E-state index is 11.2. The summed E-state index contributed by atoms with van der Waals surface area (Å²) in [5.74, 6) is -0.697. The Morgan fingerprint density at radius 3 is 2.65 bits per heavy atom. The van der Waals surface area contributed by atoms with Crippen molar-refractivity contribution < 1.29 is 9.90 Å². The van der Waals surface area contributed by atoms with Crippen molar-refractivity contribution in [1.29, 1.82) is 0 Å². The quantitative estimate of drug-likeness (QED) is 0.684. The number of hydrogen-bond acceptors (Lipinski definition) is 4. The fourth-order valence-corrected chi connectivity index (χ4v) is 1.55. The molecule has 8 heteroatoms. The molecule has 2 aromatic rings. The molecule has 2 heterocycles. The van der Waals surface area contributed by atoms with E-state index >= 15 is 0 Å². The smallest absolute Gasteiger partial charge is 0.354 e. The van der Waals surface area contributed by atoms with Crippen molar-refractivity contribution in [1.82, 2.24) is 19.5 Å². The Labute approximate surface area is 120 Å². The molecule has 0 aliphatic rings. The minimum atomic E-state index is -1.08. The van der Waals surface area contributed by atoms with Gasteiger partial charge >= 0.3 is 5.97 Å². The highest BCUT2D eigenvalue weighted by atomic mass is 35.5. The van der Waals surface area contributed by atoms with Gasteiger partial charge in [-0.25, -0.2) is 19.4 Å². The summed E-state index contributed by atoms with van der Waals surface area (Å²) in [6.07, 6.45) is 5.95. The highest BCUT2D eigenvalue weighted by molar-refractivity contribution is 6.30. The van der Waals surface area contributed by atoms with Crippen LogP contribution in [0.3, 0.4) is 0 Å². The van der Waals surface area contributed by atoms with E-state index in [-0.39, 0.29) is 5.69 Å². The molecule has 0 fully saturated rings. The molecule has 0 spiro atoms. The second-order valence-corrected chi connectivity index (χ2v) is 4.62. The first kappa shape index (κ1) is 14.0. The highest BCUT2D eigenvalue weighted by Gasteiger charge is 2.14. The molecule has 0 unspecified atom stereocenters. The Balaban J connectivity index is 2.43. The number of carboxylic acid groups (broad SMARTS) is 1. The van der Waals surface area contributed by atoms with E-state index in [4.69, 9.17) is 16.7 Å². The summed E-state index contributed by atoms with van der Waals surface area (Å²) in [6.45, 7) is 0. The van der Waals surface area contributed by atoms with Gasteiger partial charge in [0.2, 0.25) is 0 Å². The molecule has 1 N–H and O–H groups in total. The van der Waals surface area contributed by atoms with E-state index in [2.05, 4.69) is 15.1 Å². The first-order valence-corrected chi connectivity index (χ1v) is 5.99. The number of nitrogens with zero attached hydrogens (tertiary/aromatic N) is 5. The average Bonchev–Trinajstić information content (AvgIpc) is 2.81. The predicted molar refractivity (Wildman–Crippen MR) is 75.0 cm³/mol. The zero-order valence-corrected chi connectivity index (χ0v) is 11.6. The van der Waals surface area contributed by atoms with Gasteiger partial charge in [-0.15, -0.1) is 0 Å². The summed E-state index contributed by atoms with van der Waals surface area (Å²) >= 11 is 5.72.